The second-order valence-corrected chi connectivity index (χ2v) is 8.29. The highest BCUT2D eigenvalue weighted by molar-refractivity contribution is 5.82. The average Bonchev–Trinajstić information content (AvgIpc) is 3.48. The quantitative estimate of drug-likeness (QED) is 0.520. The van der Waals surface area contributed by atoms with Crippen molar-refractivity contribution < 1.29 is 4.79 Å². The molecule has 1 saturated carbocycles. The molecule has 4 rings (SSSR count). The zero-order valence-electron chi connectivity index (χ0n) is 17.4. The van der Waals surface area contributed by atoms with Crippen molar-refractivity contribution in [3.63, 3.8) is 0 Å². The Labute approximate surface area is 173 Å². The Morgan fingerprint density at radius 3 is 2.86 bits per heavy atom. The summed E-state index contributed by atoms with van der Waals surface area (Å²) in [5.41, 5.74) is 2.38. The minimum absolute atomic E-state index is 0.270. The average molecular weight is 396 g/mol. The Hall–Kier alpha value is -2.50. The van der Waals surface area contributed by atoms with Gasteiger partial charge in [0, 0.05) is 55.8 Å². The molecule has 2 fully saturated rings. The first kappa shape index (κ1) is 19.8. The van der Waals surface area contributed by atoms with Gasteiger partial charge >= 0.3 is 0 Å². The van der Waals surface area contributed by atoms with Crippen LogP contribution >= 0.6 is 0 Å². The van der Waals surface area contributed by atoms with Crippen LogP contribution in [-0.4, -0.2) is 54.0 Å². The number of nitrogens with zero attached hydrogens (tertiary/aromatic N) is 2. The normalized spacial score (nSPS) is 20.5. The van der Waals surface area contributed by atoms with E-state index in [9.17, 15) is 4.79 Å². The minimum Gasteiger partial charge on any atom is -0.358 e. The SMILES string of the molecule is CCNC(=NCCc1cc2ccccc2[nH]1)NC1CCN(C(=O)C2CCCC2)C1. The molecule has 1 aromatic carbocycles. The Bertz CT molecular complexity index is 819. The van der Waals surface area contributed by atoms with E-state index in [2.05, 4.69) is 57.8 Å². The number of para-hydroxylation sites is 1. The second-order valence-electron chi connectivity index (χ2n) is 8.29. The van der Waals surface area contributed by atoms with Crippen LogP contribution in [0.2, 0.25) is 0 Å². The number of rotatable bonds is 6. The van der Waals surface area contributed by atoms with E-state index in [0.717, 1.165) is 57.8 Å². The predicted molar refractivity (Wildman–Crippen MR) is 118 cm³/mol. The molecule has 6 nitrogen and oxygen atoms in total. The van der Waals surface area contributed by atoms with Crippen molar-refractivity contribution in [3.05, 3.63) is 36.0 Å². The summed E-state index contributed by atoms with van der Waals surface area (Å²) in [4.78, 5) is 22.9. The number of hydrogen-bond acceptors (Lipinski definition) is 2. The number of H-pyrrole nitrogens is 1. The van der Waals surface area contributed by atoms with Gasteiger partial charge in [0.05, 0.1) is 0 Å². The third-order valence-corrected chi connectivity index (χ3v) is 6.13. The van der Waals surface area contributed by atoms with Crippen molar-refractivity contribution in [2.24, 2.45) is 10.9 Å². The zero-order chi connectivity index (χ0) is 20.1. The Morgan fingerprint density at radius 2 is 2.07 bits per heavy atom. The van der Waals surface area contributed by atoms with Gasteiger partial charge in [0.25, 0.3) is 0 Å². The molecule has 1 atom stereocenters. The number of amides is 1. The van der Waals surface area contributed by atoms with Crippen molar-refractivity contribution in [2.45, 2.75) is 51.5 Å². The van der Waals surface area contributed by atoms with Gasteiger partial charge in [-0.2, -0.15) is 0 Å². The molecule has 1 aliphatic carbocycles. The van der Waals surface area contributed by atoms with Crippen LogP contribution in [0.3, 0.4) is 0 Å². The number of likely N-dealkylation sites (tertiary alicyclic amines) is 1. The van der Waals surface area contributed by atoms with Gasteiger partial charge < -0.3 is 20.5 Å². The number of carbonyl (C=O) groups excluding carboxylic acids is 1. The first-order chi connectivity index (χ1) is 14.2. The molecular weight excluding hydrogens is 362 g/mol. The van der Waals surface area contributed by atoms with Crippen LogP contribution in [0.4, 0.5) is 0 Å². The third-order valence-electron chi connectivity index (χ3n) is 6.13. The summed E-state index contributed by atoms with van der Waals surface area (Å²) < 4.78 is 0. The van der Waals surface area contributed by atoms with E-state index in [1.807, 2.05) is 0 Å². The van der Waals surface area contributed by atoms with Crippen molar-refractivity contribution in [2.75, 3.05) is 26.2 Å². The minimum atomic E-state index is 0.270. The number of fused-ring (bicyclic) bond motifs is 1. The first-order valence-electron chi connectivity index (χ1n) is 11.1. The van der Waals surface area contributed by atoms with Crippen LogP contribution in [-0.2, 0) is 11.2 Å². The van der Waals surface area contributed by atoms with Crippen molar-refractivity contribution in [3.8, 4) is 0 Å². The molecule has 2 aromatic rings. The van der Waals surface area contributed by atoms with E-state index >= 15 is 0 Å². The van der Waals surface area contributed by atoms with Gasteiger partial charge in [0.15, 0.2) is 5.96 Å². The number of aromatic nitrogens is 1. The van der Waals surface area contributed by atoms with E-state index in [4.69, 9.17) is 4.99 Å². The van der Waals surface area contributed by atoms with Crippen molar-refractivity contribution in [1.82, 2.24) is 20.5 Å². The molecule has 1 saturated heterocycles. The van der Waals surface area contributed by atoms with Gasteiger partial charge in [-0.05, 0) is 43.7 Å². The molecule has 156 valence electrons. The topological polar surface area (TPSA) is 72.5 Å². The smallest absolute Gasteiger partial charge is 0.225 e. The maximum Gasteiger partial charge on any atom is 0.225 e. The standard InChI is InChI=1S/C23H33N5O/c1-2-24-23(25-13-11-19-15-18-9-5-6-10-21(18)26-19)27-20-12-14-28(16-20)22(29)17-7-3-4-8-17/h5-6,9-10,15,17,20,26H,2-4,7-8,11-14,16H2,1H3,(H2,24,25,27). The number of guanidine groups is 1. The monoisotopic (exact) mass is 395 g/mol. The maximum absolute atomic E-state index is 12.7. The summed E-state index contributed by atoms with van der Waals surface area (Å²) in [6.07, 6.45) is 6.43. The fourth-order valence-electron chi connectivity index (χ4n) is 4.58. The van der Waals surface area contributed by atoms with Crippen LogP contribution < -0.4 is 10.6 Å². The number of nitrogens with one attached hydrogen (secondary N) is 3. The molecule has 3 N–H and O–H groups in total. The lowest BCUT2D eigenvalue weighted by molar-refractivity contribution is -0.134. The number of aliphatic imine (C=N–C) groups is 1. The van der Waals surface area contributed by atoms with Crippen LogP contribution in [0.15, 0.2) is 35.3 Å². The third kappa shape index (κ3) is 4.92. The van der Waals surface area contributed by atoms with Crippen LogP contribution in [0, 0.1) is 5.92 Å². The largest absolute Gasteiger partial charge is 0.358 e. The van der Waals surface area contributed by atoms with E-state index in [1.54, 1.807) is 0 Å². The van der Waals surface area contributed by atoms with E-state index in [0.29, 0.717) is 5.91 Å². The second kappa shape index (κ2) is 9.33. The molecule has 2 heterocycles. The predicted octanol–water partition coefficient (Wildman–Crippen LogP) is 3.06. The first-order valence-corrected chi connectivity index (χ1v) is 11.1. The summed E-state index contributed by atoms with van der Waals surface area (Å²) in [5, 5.41) is 8.13. The molecule has 29 heavy (non-hydrogen) atoms. The van der Waals surface area contributed by atoms with Gasteiger partial charge in [-0.25, -0.2) is 0 Å². The molecule has 1 aromatic heterocycles. The summed E-state index contributed by atoms with van der Waals surface area (Å²) in [7, 11) is 0. The van der Waals surface area contributed by atoms with Crippen LogP contribution in [0.5, 0.6) is 0 Å². The fourth-order valence-corrected chi connectivity index (χ4v) is 4.58. The highest BCUT2D eigenvalue weighted by Gasteiger charge is 2.32. The fraction of sp³-hybridized carbons (Fsp3) is 0.565. The zero-order valence-corrected chi connectivity index (χ0v) is 17.4. The summed E-state index contributed by atoms with van der Waals surface area (Å²) in [5.74, 6) is 1.49. The summed E-state index contributed by atoms with van der Waals surface area (Å²) >= 11 is 0. The van der Waals surface area contributed by atoms with E-state index < -0.39 is 0 Å². The molecule has 2 aliphatic rings. The van der Waals surface area contributed by atoms with Crippen LogP contribution in [0.25, 0.3) is 10.9 Å². The summed E-state index contributed by atoms with van der Waals surface area (Å²) in [6.45, 7) is 5.29. The highest BCUT2D eigenvalue weighted by Crippen LogP contribution is 2.27. The lowest BCUT2D eigenvalue weighted by Crippen LogP contribution is -2.45. The Kier molecular flexibility index (Phi) is 6.37. The number of benzene rings is 1. The molecule has 0 radical (unpaired) electrons. The molecule has 1 amide bonds. The maximum atomic E-state index is 12.7. The Morgan fingerprint density at radius 1 is 1.24 bits per heavy atom. The molecule has 0 bridgehead atoms. The molecule has 6 heteroatoms. The molecule has 0 spiro atoms. The van der Waals surface area contributed by atoms with Crippen molar-refractivity contribution in [1.29, 1.82) is 0 Å². The van der Waals surface area contributed by atoms with Crippen LogP contribution in [0.1, 0.15) is 44.7 Å². The summed E-state index contributed by atoms with van der Waals surface area (Å²) in [6, 6.07) is 10.8. The highest BCUT2D eigenvalue weighted by atomic mass is 16.2. The van der Waals surface area contributed by atoms with E-state index in [-0.39, 0.29) is 12.0 Å². The number of hydrogen-bond donors (Lipinski definition) is 3. The molecule has 1 aliphatic heterocycles. The number of carbonyl (C=O) groups is 1. The molecular formula is C23H33N5O. The van der Waals surface area contributed by atoms with E-state index in [1.165, 1.54) is 29.4 Å². The lowest BCUT2D eigenvalue weighted by atomic mass is 10.1. The van der Waals surface area contributed by atoms with Crippen molar-refractivity contribution >= 4 is 22.8 Å². The van der Waals surface area contributed by atoms with Gasteiger partial charge in [-0.15, -0.1) is 0 Å². The van der Waals surface area contributed by atoms with Gasteiger partial charge in [-0.1, -0.05) is 31.0 Å². The number of aromatic amines is 1. The van der Waals surface area contributed by atoms with Gasteiger partial charge in [0.2, 0.25) is 5.91 Å². The van der Waals surface area contributed by atoms with Gasteiger partial charge in [0.1, 0.15) is 0 Å². The Balaban J connectivity index is 1.29. The van der Waals surface area contributed by atoms with Gasteiger partial charge in [-0.3, -0.25) is 9.79 Å². The lowest BCUT2D eigenvalue weighted by Gasteiger charge is -2.21. The molecule has 1 unspecified atom stereocenters.